The highest BCUT2D eigenvalue weighted by molar-refractivity contribution is 5.80. The van der Waals surface area contributed by atoms with E-state index in [1.165, 1.54) is 0 Å². The maximum atomic E-state index is 9.68. The van der Waals surface area contributed by atoms with Gasteiger partial charge in [0, 0.05) is 0 Å². The molecule has 1 atom stereocenters. The lowest BCUT2D eigenvalue weighted by Gasteiger charge is -2.11. The van der Waals surface area contributed by atoms with Gasteiger partial charge < -0.3 is 21.1 Å². The Kier molecular flexibility index (Phi) is 8.41. The summed E-state index contributed by atoms with van der Waals surface area (Å²) in [4.78, 5) is 9.68. The van der Waals surface area contributed by atoms with Crippen molar-refractivity contribution in [3.63, 3.8) is 0 Å². The lowest BCUT2D eigenvalue weighted by molar-refractivity contribution is -0.124. The second kappa shape index (κ2) is 7.17. The Bertz CT molecular complexity index is 113. The van der Waals surface area contributed by atoms with Gasteiger partial charge in [0.2, 0.25) is 0 Å². The molecule has 0 aromatic heterocycles. The van der Waals surface area contributed by atoms with E-state index in [-0.39, 0.29) is 0 Å². The molecule has 74 valence electrons. The number of rotatable bonds is 3. The molecule has 0 saturated carbocycles. The van der Waals surface area contributed by atoms with Crippen LogP contribution in [0.25, 0.3) is 0 Å². The van der Waals surface area contributed by atoms with Gasteiger partial charge in [-0.3, -0.25) is 4.79 Å². The molecule has 5 heteroatoms. The van der Waals surface area contributed by atoms with Crippen LogP contribution in [0, 0.1) is 0 Å². The molecule has 0 aromatic carbocycles. The molecule has 0 aromatic rings. The quantitative estimate of drug-likeness (QED) is 0.399. The number of hydrogen-bond acceptors (Lipinski definition) is 5. The van der Waals surface area contributed by atoms with Crippen LogP contribution in [0.2, 0.25) is 0 Å². The lowest BCUT2D eigenvalue weighted by Crippen LogP contribution is -2.34. The molecule has 12 heavy (non-hydrogen) atoms. The van der Waals surface area contributed by atoms with Crippen LogP contribution in [0.1, 0.15) is 20.3 Å². The first-order valence-corrected chi connectivity index (χ1v) is 3.62. The molecule has 0 aliphatic heterocycles. The molecule has 0 saturated heterocycles. The fourth-order valence-corrected chi connectivity index (χ4v) is 0.0500. The van der Waals surface area contributed by atoms with Gasteiger partial charge in [-0.2, -0.15) is 0 Å². The first-order chi connectivity index (χ1) is 5.37. The topological polar surface area (TPSA) is 104 Å². The predicted octanol–water partition coefficient (Wildman–Crippen LogP) is -1.40. The lowest BCUT2D eigenvalue weighted by atomic mass is 10.2. The molecule has 0 bridgehead atoms. The third-order valence-corrected chi connectivity index (χ3v) is 1.07. The summed E-state index contributed by atoms with van der Waals surface area (Å²) in [6, 6.07) is 0. The first kappa shape index (κ1) is 14.1. The van der Waals surface area contributed by atoms with E-state index in [2.05, 4.69) is 0 Å². The Hall–Kier alpha value is -0.490. The number of carbonyl (C=O) groups excluding carboxylic acids is 1. The van der Waals surface area contributed by atoms with Crippen LogP contribution < -0.4 is 5.73 Å². The van der Waals surface area contributed by atoms with Crippen molar-refractivity contribution >= 4 is 5.78 Å². The van der Waals surface area contributed by atoms with Crippen LogP contribution in [0.5, 0.6) is 0 Å². The van der Waals surface area contributed by atoms with Crippen molar-refractivity contribution in [2.24, 2.45) is 5.73 Å². The molecule has 0 aliphatic carbocycles. The van der Waals surface area contributed by atoms with Crippen molar-refractivity contribution in [3.05, 3.63) is 0 Å². The van der Waals surface area contributed by atoms with Crippen molar-refractivity contribution in [1.29, 1.82) is 0 Å². The monoisotopic (exact) mass is 179 g/mol. The third kappa shape index (κ3) is 16.3. The SMILES string of the molecule is CCC(C)(N)O.O=C(CO)CO. The van der Waals surface area contributed by atoms with E-state index in [1.54, 1.807) is 6.92 Å². The maximum absolute atomic E-state index is 9.68. The van der Waals surface area contributed by atoms with E-state index >= 15 is 0 Å². The van der Waals surface area contributed by atoms with Crippen molar-refractivity contribution in [1.82, 2.24) is 0 Å². The average Bonchev–Trinajstić information content (AvgIpc) is 2.03. The summed E-state index contributed by atoms with van der Waals surface area (Å²) in [5.41, 5.74) is 4.13. The Morgan fingerprint density at radius 1 is 1.42 bits per heavy atom. The molecule has 0 heterocycles. The van der Waals surface area contributed by atoms with Gasteiger partial charge in [-0.15, -0.1) is 0 Å². The van der Waals surface area contributed by atoms with Crippen LogP contribution in [0.3, 0.4) is 0 Å². The van der Waals surface area contributed by atoms with Crippen molar-refractivity contribution in [2.75, 3.05) is 13.2 Å². The van der Waals surface area contributed by atoms with Gasteiger partial charge in [0.05, 0.1) is 0 Å². The summed E-state index contributed by atoms with van der Waals surface area (Å²) < 4.78 is 0. The van der Waals surface area contributed by atoms with Crippen LogP contribution in [-0.4, -0.2) is 40.0 Å². The molecule has 0 rings (SSSR count). The largest absolute Gasteiger partial charge is 0.388 e. The Balaban J connectivity index is 0. The highest BCUT2D eigenvalue weighted by Crippen LogP contribution is 1.94. The summed E-state index contributed by atoms with van der Waals surface area (Å²) in [6.45, 7) is 2.29. The zero-order valence-corrected chi connectivity index (χ0v) is 7.45. The van der Waals surface area contributed by atoms with Gasteiger partial charge in [0.15, 0.2) is 5.78 Å². The zero-order valence-electron chi connectivity index (χ0n) is 7.45. The number of carbonyl (C=O) groups is 1. The van der Waals surface area contributed by atoms with Crippen LogP contribution in [0.15, 0.2) is 0 Å². The van der Waals surface area contributed by atoms with Gasteiger partial charge in [-0.1, -0.05) is 6.92 Å². The second-order valence-electron chi connectivity index (χ2n) is 2.57. The number of nitrogens with two attached hydrogens (primary N) is 1. The smallest absolute Gasteiger partial charge is 0.183 e. The summed E-state index contributed by atoms with van der Waals surface area (Å²) >= 11 is 0. The first-order valence-electron chi connectivity index (χ1n) is 3.62. The van der Waals surface area contributed by atoms with Crippen molar-refractivity contribution in [2.45, 2.75) is 26.0 Å². The minimum atomic E-state index is -0.958. The van der Waals surface area contributed by atoms with Gasteiger partial charge in [0.25, 0.3) is 0 Å². The average molecular weight is 179 g/mol. The molecule has 5 nitrogen and oxygen atoms in total. The normalized spacial score (nSPS) is 14.2. The second-order valence-corrected chi connectivity index (χ2v) is 2.57. The fourth-order valence-electron chi connectivity index (χ4n) is 0.0500. The third-order valence-electron chi connectivity index (χ3n) is 1.07. The molecule has 5 N–H and O–H groups in total. The summed E-state index contributed by atoms with van der Waals surface area (Å²) in [7, 11) is 0. The van der Waals surface area contributed by atoms with E-state index in [1.807, 2.05) is 6.92 Å². The molecule has 0 fully saturated rings. The van der Waals surface area contributed by atoms with Crippen molar-refractivity contribution < 1.29 is 20.1 Å². The molecular weight excluding hydrogens is 162 g/mol. The van der Waals surface area contributed by atoms with E-state index in [0.717, 1.165) is 0 Å². The highest BCUT2D eigenvalue weighted by atomic mass is 16.3. The van der Waals surface area contributed by atoms with Crippen molar-refractivity contribution in [3.8, 4) is 0 Å². The molecule has 0 aliphatic rings. The number of aliphatic hydroxyl groups is 3. The van der Waals surface area contributed by atoms with Gasteiger partial charge in [0.1, 0.15) is 18.9 Å². The summed E-state index contributed by atoms with van der Waals surface area (Å²) in [5, 5.41) is 24.3. The molecule has 0 amide bonds. The Morgan fingerprint density at radius 2 is 1.67 bits per heavy atom. The molecule has 0 spiro atoms. The highest BCUT2D eigenvalue weighted by Gasteiger charge is 2.06. The van der Waals surface area contributed by atoms with Crippen LogP contribution >= 0.6 is 0 Å². The standard InChI is InChI=1S/C4H11NO.C3H6O3/c1-3-4(2,5)6;4-1-3(6)2-5/h6H,3,5H2,1-2H3;4-5H,1-2H2. The number of Topliss-reactive ketones (excluding diaryl/α,β-unsaturated/α-hetero) is 1. The molecule has 0 radical (unpaired) electrons. The molecule has 1 unspecified atom stereocenters. The Morgan fingerprint density at radius 3 is 1.67 bits per heavy atom. The van der Waals surface area contributed by atoms with Gasteiger partial charge in [-0.25, -0.2) is 0 Å². The van der Waals surface area contributed by atoms with E-state index in [9.17, 15) is 4.79 Å². The van der Waals surface area contributed by atoms with Gasteiger partial charge in [-0.05, 0) is 13.3 Å². The van der Waals surface area contributed by atoms with Crippen LogP contribution in [-0.2, 0) is 4.79 Å². The minimum absolute atomic E-state index is 0.546. The predicted molar refractivity (Wildman–Crippen MR) is 44.3 cm³/mol. The minimum Gasteiger partial charge on any atom is -0.388 e. The fraction of sp³-hybridized carbons (Fsp3) is 0.857. The number of hydrogen-bond donors (Lipinski definition) is 4. The number of aliphatic hydroxyl groups excluding tert-OH is 2. The molecular formula is C7H17NO4. The van der Waals surface area contributed by atoms with Gasteiger partial charge >= 0.3 is 0 Å². The zero-order chi connectivity index (χ0) is 10.2. The van der Waals surface area contributed by atoms with Crippen LogP contribution in [0.4, 0.5) is 0 Å². The summed E-state index contributed by atoms with van der Waals surface area (Å²) in [5.74, 6) is -0.546. The summed E-state index contributed by atoms with van der Waals surface area (Å²) in [6.07, 6.45) is 0.604. The van der Waals surface area contributed by atoms with E-state index < -0.39 is 24.7 Å². The number of ketones is 1. The Labute approximate surface area is 71.8 Å². The maximum Gasteiger partial charge on any atom is 0.183 e. The van der Waals surface area contributed by atoms with E-state index in [0.29, 0.717) is 6.42 Å². The van der Waals surface area contributed by atoms with E-state index in [4.69, 9.17) is 21.1 Å².